The third-order valence-electron chi connectivity index (χ3n) is 5.83. The Bertz CT molecular complexity index is 1280. The van der Waals surface area contributed by atoms with E-state index >= 15 is 0 Å². The number of benzene rings is 1. The number of halogens is 1. The van der Waals surface area contributed by atoms with Crippen molar-refractivity contribution in [2.24, 2.45) is 5.73 Å². The van der Waals surface area contributed by atoms with Gasteiger partial charge in [0.05, 0.1) is 34.3 Å². The van der Waals surface area contributed by atoms with E-state index in [0.717, 1.165) is 5.56 Å². The van der Waals surface area contributed by atoms with Gasteiger partial charge < -0.3 is 10.8 Å². The summed E-state index contributed by atoms with van der Waals surface area (Å²) in [5, 5.41) is 10.1. The number of pyridine rings is 1. The van der Waals surface area contributed by atoms with Crippen molar-refractivity contribution in [2.45, 2.75) is 56.1 Å². The number of sulfonamides is 1. The van der Waals surface area contributed by atoms with Gasteiger partial charge in [-0.15, -0.1) is 0 Å². The van der Waals surface area contributed by atoms with Crippen molar-refractivity contribution in [3.63, 3.8) is 0 Å². The lowest BCUT2D eigenvalue weighted by molar-refractivity contribution is -0.117. The molecule has 0 spiro atoms. The van der Waals surface area contributed by atoms with Gasteiger partial charge in [0.2, 0.25) is 15.9 Å². The summed E-state index contributed by atoms with van der Waals surface area (Å²) in [7, 11) is -3.74. The molecular weight excluding hydrogens is 452 g/mol. The lowest BCUT2D eigenvalue weighted by Gasteiger charge is -2.26. The molecule has 2 aromatic heterocycles. The quantitative estimate of drug-likeness (QED) is 0.504. The number of imidazole rings is 1. The van der Waals surface area contributed by atoms with Gasteiger partial charge in [0, 0.05) is 23.4 Å². The molecule has 0 atom stereocenters. The molecule has 32 heavy (non-hydrogen) atoms. The monoisotopic (exact) mass is 476 g/mol. The van der Waals surface area contributed by atoms with Crippen LogP contribution < -0.4 is 10.5 Å². The Balaban J connectivity index is 1.73. The average Bonchev–Trinajstić information content (AvgIpc) is 3.13. The molecule has 1 amide bonds. The summed E-state index contributed by atoms with van der Waals surface area (Å²) < 4.78 is 30.6. The lowest BCUT2D eigenvalue weighted by Crippen LogP contribution is -2.38. The summed E-state index contributed by atoms with van der Waals surface area (Å²) in [6.07, 6.45) is 5.32. The maximum atomic E-state index is 13.0. The molecule has 1 fully saturated rings. The summed E-state index contributed by atoms with van der Waals surface area (Å²) in [5.74, 6) is -0.496. The molecule has 1 aliphatic carbocycles. The van der Waals surface area contributed by atoms with Gasteiger partial charge in [-0.25, -0.2) is 18.1 Å². The zero-order valence-corrected chi connectivity index (χ0v) is 19.2. The SMILES string of the molecule is Cc1ccc(S(=O)(=O)NC2CCC(O)CC2)cc1-c1cnc2c(CC(N)=O)cc(Cl)cn12. The van der Waals surface area contributed by atoms with Crippen LogP contribution in [0.2, 0.25) is 5.02 Å². The van der Waals surface area contributed by atoms with Crippen LogP contribution >= 0.6 is 11.6 Å². The van der Waals surface area contributed by atoms with E-state index in [1.165, 1.54) is 0 Å². The highest BCUT2D eigenvalue weighted by Crippen LogP contribution is 2.30. The van der Waals surface area contributed by atoms with Crippen molar-refractivity contribution in [1.29, 1.82) is 0 Å². The molecule has 1 aromatic carbocycles. The van der Waals surface area contributed by atoms with E-state index in [1.807, 2.05) is 6.92 Å². The molecule has 0 aliphatic heterocycles. The second-order valence-corrected chi connectivity index (χ2v) is 10.4. The minimum atomic E-state index is -3.74. The summed E-state index contributed by atoms with van der Waals surface area (Å²) in [5.41, 5.74) is 8.69. The molecule has 1 saturated carbocycles. The van der Waals surface area contributed by atoms with E-state index in [9.17, 15) is 18.3 Å². The van der Waals surface area contributed by atoms with Gasteiger partial charge in [-0.1, -0.05) is 17.7 Å². The number of nitrogens with two attached hydrogens (primary N) is 1. The molecule has 4 rings (SSSR count). The van der Waals surface area contributed by atoms with Crippen LogP contribution in [0.1, 0.15) is 36.8 Å². The summed E-state index contributed by atoms with van der Waals surface area (Å²) in [6, 6.07) is 6.40. The van der Waals surface area contributed by atoms with E-state index < -0.39 is 15.9 Å². The molecule has 0 saturated heterocycles. The number of aryl methyl sites for hydroxylation is 1. The Hall–Kier alpha value is -2.46. The first-order valence-electron chi connectivity index (χ1n) is 10.4. The van der Waals surface area contributed by atoms with E-state index in [2.05, 4.69) is 9.71 Å². The molecule has 170 valence electrons. The summed E-state index contributed by atoms with van der Waals surface area (Å²) >= 11 is 6.26. The van der Waals surface area contributed by atoms with E-state index in [0.29, 0.717) is 53.2 Å². The highest BCUT2D eigenvalue weighted by atomic mass is 35.5. The second kappa shape index (κ2) is 8.82. The van der Waals surface area contributed by atoms with Crippen molar-refractivity contribution in [2.75, 3.05) is 0 Å². The highest BCUT2D eigenvalue weighted by Gasteiger charge is 2.25. The fourth-order valence-corrected chi connectivity index (χ4v) is 5.72. The Morgan fingerprint density at radius 1 is 1.28 bits per heavy atom. The fraction of sp³-hybridized carbons (Fsp3) is 0.364. The topological polar surface area (TPSA) is 127 Å². The van der Waals surface area contributed by atoms with Crippen LogP contribution in [0.25, 0.3) is 16.9 Å². The molecule has 10 heteroatoms. The van der Waals surface area contributed by atoms with Crippen molar-refractivity contribution in [1.82, 2.24) is 14.1 Å². The number of hydrogen-bond donors (Lipinski definition) is 3. The third kappa shape index (κ3) is 4.66. The lowest BCUT2D eigenvalue weighted by atomic mass is 9.94. The Morgan fingerprint density at radius 2 is 2.00 bits per heavy atom. The van der Waals surface area contributed by atoms with Gasteiger partial charge in [-0.3, -0.25) is 9.20 Å². The number of amides is 1. The Labute approximate surface area is 191 Å². The number of aromatic nitrogens is 2. The van der Waals surface area contributed by atoms with Crippen LogP contribution in [-0.4, -0.2) is 41.0 Å². The number of nitrogens with one attached hydrogen (secondary N) is 1. The smallest absolute Gasteiger partial charge is 0.240 e. The fourth-order valence-electron chi connectivity index (χ4n) is 4.16. The number of primary amides is 1. The molecule has 8 nitrogen and oxygen atoms in total. The van der Waals surface area contributed by atoms with Gasteiger partial charge in [-0.2, -0.15) is 0 Å². The van der Waals surface area contributed by atoms with E-state index in [4.69, 9.17) is 17.3 Å². The van der Waals surface area contributed by atoms with Crippen molar-refractivity contribution < 1.29 is 18.3 Å². The maximum absolute atomic E-state index is 13.0. The summed E-state index contributed by atoms with van der Waals surface area (Å²) in [6.45, 7) is 1.88. The Morgan fingerprint density at radius 3 is 2.69 bits per heavy atom. The number of hydrogen-bond acceptors (Lipinski definition) is 5. The molecular formula is C22H25ClN4O4S. The highest BCUT2D eigenvalue weighted by molar-refractivity contribution is 7.89. The third-order valence-corrected chi connectivity index (χ3v) is 7.55. The van der Waals surface area contributed by atoms with Crippen molar-refractivity contribution in [3.05, 3.63) is 52.8 Å². The number of aliphatic hydroxyl groups excluding tert-OH is 1. The van der Waals surface area contributed by atoms with E-state index in [1.54, 1.807) is 41.1 Å². The predicted octanol–water partition coefficient (Wildman–Crippen LogP) is 2.57. The van der Waals surface area contributed by atoms with Gasteiger partial charge in [0.25, 0.3) is 0 Å². The zero-order valence-electron chi connectivity index (χ0n) is 17.6. The first-order chi connectivity index (χ1) is 15.1. The van der Waals surface area contributed by atoms with Gasteiger partial charge in [0.15, 0.2) is 0 Å². The van der Waals surface area contributed by atoms with Crippen LogP contribution in [0.3, 0.4) is 0 Å². The molecule has 0 radical (unpaired) electrons. The van der Waals surface area contributed by atoms with Crippen LogP contribution in [0.5, 0.6) is 0 Å². The number of carbonyl (C=O) groups is 1. The number of aliphatic hydroxyl groups is 1. The molecule has 0 bridgehead atoms. The molecule has 4 N–H and O–H groups in total. The minimum absolute atomic E-state index is 0.00603. The van der Waals surface area contributed by atoms with Crippen molar-refractivity contribution >= 4 is 33.2 Å². The first-order valence-corrected chi connectivity index (χ1v) is 12.3. The minimum Gasteiger partial charge on any atom is -0.393 e. The van der Waals surface area contributed by atoms with Crippen LogP contribution in [-0.2, 0) is 21.2 Å². The van der Waals surface area contributed by atoms with Crippen molar-refractivity contribution in [3.8, 4) is 11.3 Å². The van der Waals surface area contributed by atoms with Crippen LogP contribution in [0, 0.1) is 6.92 Å². The predicted molar refractivity (Wildman–Crippen MR) is 122 cm³/mol. The standard InChI is InChI=1S/C22H25ClN4O4S/c1-13-2-7-18(32(30,31)26-16-3-5-17(28)6-4-16)10-19(13)20-11-25-22-14(9-21(24)29)8-15(23)12-27(20)22/h2,7-8,10-12,16-17,26,28H,3-6,9H2,1H3,(H2,24,29). The van der Waals surface area contributed by atoms with Gasteiger partial charge in [-0.05, 0) is 56.4 Å². The molecule has 1 aliphatic rings. The molecule has 0 unspecified atom stereocenters. The number of carbonyl (C=O) groups excluding carboxylic acids is 1. The molecule has 3 aromatic rings. The molecule has 2 heterocycles. The number of nitrogens with zero attached hydrogens (tertiary/aromatic N) is 2. The van der Waals surface area contributed by atoms with Gasteiger partial charge >= 0.3 is 0 Å². The Kier molecular flexibility index (Phi) is 6.26. The maximum Gasteiger partial charge on any atom is 0.240 e. The number of fused-ring (bicyclic) bond motifs is 1. The van der Waals surface area contributed by atoms with E-state index in [-0.39, 0.29) is 23.5 Å². The van der Waals surface area contributed by atoms with Crippen LogP contribution in [0.15, 0.2) is 41.6 Å². The van der Waals surface area contributed by atoms with Gasteiger partial charge in [0.1, 0.15) is 5.65 Å². The summed E-state index contributed by atoms with van der Waals surface area (Å²) in [4.78, 5) is 16.0. The zero-order chi connectivity index (χ0) is 23.0. The first kappa shape index (κ1) is 22.7. The largest absolute Gasteiger partial charge is 0.393 e. The van der Waals surface area contributed by atoms with Crippen LogP contribution in [0.4, 0.5) is 0 Å². The average molecular weight is 477 g/mol. The second-order valence-electron chi connectivity index (χ2n) is 8.27. The number of rotatable bonds is 6. The normalized spacial score (nSPS) is 19.3.